The summed E-state index contributed by atoms with van der Waals surface area (Å²) in [6, 6.07) is 0. The second-order valence-corrected chi connectivity index (χ2v) is 4.52. The molecule has 4 heteroatoms. The first-order valence-electron chi connectivity index (χ1n) is 6.57. The van der Waals surface area contributed by atoms with Gasteiger partial charge in [-0.25, -0.2) is 0 Å². The summed E-state index contributed by atoms with van der Waals surface area (Å²) in [6.07, 6.45) is 6.92. The van der Waals surface area contributed by atoms with E-state index in [1.807, 2.05) is 0 Å². The molecular formula is C14H21NO3. The molecule has 1 aliphatic rings. The molecule has 0 saturated heterocycles. The highest BCUT2D eigenvalue weighted by Crippen LogP contribution is 2.15. The molecule has 1 rings (SSSR count). The van der Waals surface area contributed by atoms with Crippen LogP contribution in [0.3, 0.4) is 0 Å². The van der Waals surface area contributed by atoms with Crippen LogP contribution in [0.15, 0.2) is 17.3 Å². The topological polar surface area (TPSA) is 55.7 Å². The number of hydrogen-bond donors (Lipinski definition) is 0. The van der Waals surface area contributed by atoms with E-state index in [1.165, 1.54) is 12.3 Å². The average molecular weight is 251 g/mol. The van der Waals surface area contributed by atoms with Crippen LogP contribution in [-0.2, 0) is 14.3 Å². The maximum atomic E-state index is 11.6. The van der Waals surface area contributed by atoms with Crippen LogP contribution in [0.4, 0.5) is 0 Å². The minimum atomic E-state index is -0.803. The fourth-order valence-electron chi connectivity index (χ4n) is 1.89. The number of aldehydes is 1. The van der Waals surface area contributed by atoms with E-state index in [1.54, 1.807) is 0 Å². The van der Waals surface area contributed by atoms with Crippen molar-refractivity contribution in [3.63, 3.8) is 0 Å². The summed E-state index contributed by atoms with van der Waals surface area (Å²) in [6.45, 7) is 4.77. The van der Waals surface area contributed by atoms with E-state index in [4.69, 9.17) is 4.74 Å². The molecule has 0 saturated carbocycles. The fraction of sp³-hybridized carbons (Fsp3) is 0.643. The number of carbonyl (C=O) groups is 2. The Balaban J connectivity index is 2.50. The van der Waals surface area contributed by atoms with Crippen LogP contribution in [0.1, 0.15) is 39.5 Å². The van der Waals surface area contributed by atoms with E-state index < -0.39 is 6.10 Å². The molecule has 1 aliphatic heterocycles. The summed E-state index contributed by atoms with van der Waals surface area (Å²) in [7, 11) is 0. The first kappa shape index (κ1) is 14.8. The number of ketones is 1. The summed E-state index contributed by atoms with van der Waals surface area (Å²) in [4.78, 5) is 26.3. The van der Waals surface area contributed by atoms with Crippen molar-refractivity contribution in [2.24, 2.45) is 10.9 Å². The highest BCUT2D eigenvalue weighted by atomic mass is 16.5. The van der Waals surface area contributed by atoms with Crippen molar-refractivity contribution < 1.29 is 14.3 Å². The quantitative estimate of drug-likeness (QED) is 0.622. The lowest BCUT2D eigenvalue weighted by Crippen LogP contribution is -2.36. The molecule has 0 bridgehead atoms. The summed E-state index contributed by atoms with van der Waals surface area (Å²) in [5.74, 6) is 0.244. The SMILES string of the molecule is CCCCC(CC)COC1C(=O)C=CN=C1C=O. The minimum absolute atomic E-state index is 0.174. The molecule has 0 amide bonds. The van der Waals surface area contributed by atoms with Crippen LogP contribution < -0.4 is 0 Å². The maximum Gasteiger partial charge on any atom is 0.192 e. The number of rotatable bonds is 8. The number of hydrogen-bond acceptors (Lipinski definition) is 4. The highest BCUT2D eigenvalue weighted by Gasteiger charge is 2.26. The predicted octanol–water partition coefficient (Wildman–Crippen LogP) is 2.32. The Hall–Kier alpha value is -1.29. The zero-order chi connectivity index (χ0) is 13.4. The van der Waals surface area contributed by atoms with Gasteiger partial charge in [-0.2, -0.15) is 0 Å². The summed E-state index contributed by atoms with van der Waals surface area (Å²) in [5, 5.41) is 0. The molecule has 0 radical (unpaired) electrons. The van der Waals surface area contributed by atoms with Crippen molar-refractivity contribution >= 4 is 17.8 Å². The van der Waals surface area contributed by atoms with E-state index in [0.717, 1.165) is 25.7 Å². The minimum Gasteiger partial charge on any atom is -0.363 e. The van der Waals surface area contributed by atoms with Crippen LogP contribution in [0.2, 0.25) is 0 Å². The van der Waals surface area contributed by atoms with Gasteiger partial charge in [0, 0.05) is 12.3 Å². The van der Waals surface area contributed by atoms with Gasteiger partial charge in [-0.1, -0.05) is 33.1 Å². The van der Waals surface area contributed by atoms with Crippen LogP contribution in [0.5, 0.6) is 0 Å². The van der Waals surface area contributed by atoms with Gasteiger partial charge in [0.05, 0.1) is 6.61 Å². The number of aliphatic imine (C=N–C) groups is 1. The van der Waals surface area contributed by atoms with E-state index >= 15 is 0 Å². The van der Waals surface area contributed by atoms with Crippen LogP contribution in [0, 0.1) is 5.92 Å². The first-order chi connectivity index (χ1) is 8.72. The smallest absolute Gasteiger partial charge is 0.192 e. The third-order valence-electron chi connectivity index (χ3n) is 3.15. The Labute approximate surface area is 108 Å². The van der Waals surface area contributed by atoms with Crippen molar-refractivity contribution in [2.75, 3.05) is 6.61 Å². The number of ether oxygens (including phenoxy) is 1. The van der Waals surface area contributed by atoms with E-state index in [9.17, 15) is 9.59 Å². The molecule has 4 nitrogen and oxygen atoms in total. The lowest BCUT2D eigenvalue weighted by atomic mass is 10.00. The molecule has 0 N–H and O–H groups in total. The molecule has 0 aromatic carbocycles. The van der Waals surface area contributed by atoms with E-state index in [-0.39, 0.29) is 11.5 Å². The monoisotopic (exact) mass is 251 g/mol. The Morgan fingerprint density at radius 1 is 1.50 bits per heavy atom. The van der Waals surface area contributed by atoms with Crippen LogP contribution in [0.25, 0.3) is 0 Å². The molecule has 2 unspecified atom stereocenters. The molecule has 0 aromatic rings. The maximum absolute atomic E-state index is 11.6. The average Bonchev–Trinajstić information content (AvgIpc) is 2.40. The van der Waals surface area contributed by atoms with Gasteiger partial charge in [0.1, 0.15) is 5.71 Å². The van der Waals surface area contributed by atoms with Crippen LogP contribution in [-0.4, -0.2) is 30.5 Å². The Bertz CT molecular complexity index is 347. The molecular weight excluding hydrogens is 230 g/mol. The number of unbranched alkanes of at least 4 members (excludes halogenated alkanes) is 1. The highest BCUT2D eigenvalue weighted by molar-refractivity contribution is 6.37. The molecule has 0 spiro atoms. The molecule has 0 fully saturated rings. The van der Waals surface area contributed by atoms with Gasteiger partial charge in [-0.05, 0) is 12.3 Å². The van der Waals surface area contributed by atoms with Gasteiger partial charge in [0.2, 0.25) is 0 Å². The fourth-order valence-corrected chi connectivity index (χ4v) is 1.89. The third-order valence-corrected chi connectivity index (χ3v) is 3.15. The summed E-state index contributed by atoms with van der Waals surface area (Å²) >= 11 is 0. The normalized spacial score (nSPS) is 20.7. The second kappa shape index (κ2) is 7.93. The van der Waals surface area contributed by atoms with Gasteiger partial charge < -0.3 is 4.74 Å². The zero-order valence-corrected chi connectivity index (χ0v) is 11.1. The lowest BCUT2D eigenvalue weighted by molar-refractivity contribution is -0.123. The largest absolute Gasteiger partial charge is 0.363 e. The Kier molecular flexibility index (Phi) is 6.50. The van der Waals surface area contributed by atoms with Gasteiger partial charge in [0.15, 0.2) is 18.2 Å². The van der Waals surface area contributed by atoms with E-state index in [0.29, 0.717) is 18.8 Å². The standard InChI is InChI=1S/C14H21NO3/c1-3-5-6-11(4-2)10-18-14-12(9-16)15-8-7-13(14)17/h7-9,11,14H,3-6,10H2,1-2H3. The molecule has 100 valence electrons. The predicted molar refractivity (Wildman–Crippen MR) is 70.7 cm³/mol. The van der Waals surface area contributed by atoms with Gasteiger partial charge >= 0.3 is 0 Å². The van der Waals surface area contributed by atoms with E-state index in [2.05, 4.69) is 18.8 Å². The summed E-state index contributed by atoms with van der Waals surface area (Å²) < 4.78 is 5.59. The van der Waals surface area contributed by atoms with Gasteiger partial charge in [0.25, 0.3) is 0 Å². The summed E-state index contributed by atoms with van der Waals surface area (Å²) in [5.41, 5.74) is 0.174. The molecule has 18 heavy (non-hydrogen) atoms. The Morgan fingerprint density at radius 2 is 2.28 bits per heavy atom. The number of carbonyl (C=O) groups excluding carboxylic acids is 2. The molecule has 1 heterocycles. The molecule has 0 aromatic heterocycles. The van der Waals surface area contributed by atoms with Crippen molar-refractivity contribution in [1.82, 2.24) is 0 Å². The van der Waals surface area contributed by atoms with Crippen molar-refractivity contribution in [3.05, 3.63) is 12.3 Å². The van der Waals surface area contributed by atoms with Crippen molar-refractivity contribution in [2.45, 2.75) is 45.6 Å². The second-order valence-electron chi connectivity index (χ2n) is 4.52. The number of nitrogens with zero attached hydrogens (tertiary/aromatic N) is 1. The lowest BCUT2D eigenvalue weighted by Gasteiger charge is -2.20. The first-order valence-corrected chi connectivity index (χ1v) is 6.57. The van der Waals surface area contributed by atoms with Crippen molar-refractivity contribution in [1.29, 1.82) is 0 Å². The third kappa shape index (κ3) is 4.18. The molecule has 0 aliphatic carbocycles. The van der Waals surface area contributed by atoms with Gasteiger partial charge in [-0.3, -0.25) is 14.6 Å². The van der Waals surface area contributed by atoms with Gasteiger partial charge in [-0.15, -0.1) is 0 Å². The molecule has 2 atom stereocenters. The van der Waals surface area contributed by atoms with Crippen molar-refractivity contribution in [3.8, 4) is 0 Å². The Morgan fingerprint density at radius 3 is 2.89 bits per heavy atom. The zero-order valence-electron chi connectivity index (χ0n) is 11.1. The van der Waals surface area contributed by atoms with Crippen LogP contribution >= 0.6 is 0 Å².